The summed E-state index contributed by atoms with van der Waals surface area (Å²) in [6.45, 7) is 7.18. The first kappa shape index (κ1) is 16.7. The van der Waals surface area contributed by atoms with Crippen molar-refractivity contribution in [2.24, 2.45) is 11.1 Å². The summed E-state index contributed by atoms with van der Waals surface area (Å²) < 4.78 is 5.55. The number of hydrogen-bond donors (Lipinski definition) is 1. The van der Waals surface area contributed by atoms with Crippen molar-refractivity contribution in [2.45, 2.75) is 27.2 Å². The zero-order valence-electron chi connectivity index (χ0n) is 13.5. The molecule has 1 amide bonds. The molecule has 2 aromatic heterocycles. The number of amides is 1. The van der Waals surface area contributed by atoms with Crippen LogP contribution in [0.3, 0.4) is 0 Å². The summed E-state index contributed by atoms with van der Waals surface area (Å²) in [6.07, 6.45) is 0.299. The van der Waals surface area contributed by atoms with Crippen LogP contribution in [0.2, 0.25) is 0 Å². The topological polar surface area (TPSA) is 72.4 Å². The van der Waals surface area contributed by atoms with E-state index in [1.54, 1.807) is 4.90 Å². The molecule has 5 nitrogen and oxygen atoms in total. The van der Waals surface area contributed by atoms with Crippen LogP contribution in [0.1, 0.15) is 25.3 Å². The molecule has 2 rings (SSSR count). The second kappa shape index (κ2) is 6.62. The maximum Gasteiger partial charge on any atom is 0.228 e. The Labute approximate surface area is 135 Å². The zero-order valence-corrected chi connectivity index (χ0v) is 14.4. The predicted octanol–water partition coefficient (Wildman–Crippen LogP) is 2.70. The number of nitrogens with two attached hydrogens (primary N) is 1. The number of thiazole rings is 1. The van der Waals surface area contributed by atoms with Crippen LogP contribution in [-0.4, -0.2) is 35.9 Å². The number of carbonyl (C=O) groups is 1. The molecule has 6 heteroatoms. The summed E-state index contributed by atoms with van der Waals surface area (Å²) in [6, 6.07) is 3.81. The Morgan fingerprint density at radius 3 is 2.77 bits per heavy atom. The lowest BCUT2D eigenvalue weighted by molar-refractivity contribution is -0.130. The lowest BCUT2D eigenvalue weighted by Gasteiger charge is -2.28. The van der Waals surface area contributed by atoms with Gasteiger partial charge in [-0.2, -0.15) is 0 Å². The fourth-order valence-electron chi connectivity index (χ4n) is 2.14. The molecule has 0 aliphatic carbocycles. The van der Waals surface area contributed by atoms with Crippen LogP contribution in [0.25, 0.3) is 10.8 Å². The first-order chi connectivity index (χ1) is 10.3. The highest BCUT2D eigenvalue weighted by atomic mass is 32.1. The Balaban J connectivity index is 1.99. The van der Waals surface area contributed by atoms with Crippen LogP contribution in [0.5, 0.6) is 0 Å². The highest BCUT2D eigenvalue weighted by molar-refractivity contribution is 7.13. The van der Waals surface area contributed by atoms with Crippen LogP contribution in [-0.2, 0) is 11.2 Å². The number of hydrogen-bond acceptors (Lipinski definition) is 5. The van der Waals surface area contributed by atoms with Gasteiger partial charge in [0.1, 0.15) is 5.76 Å². The van der Waals surface area contributed by atoms with Gasteiger partial charge in [0.05, 0.1) is 12.1 Å². The Kier molecular flexibility index (Phi) is 5.03. The molecule has 0 aliphatic heterocycles. The van der Waals surface area contributed by atoms with Crippen molar-refractivity contribution < 1.29 is 9.21 Å². The molecular formula is C16H23N3O2S. The maximum absolute atomic E-state index is 12.3. The summed E-state index contributed by atoms with van der Waals surface area (Å²) in [7, 11) is 1.81. The van der Waals surface area contributed by atoms with Gasteiger partial charge in [0, 0.05) is 19.0 Å². The number of aryl methyl sites for hydroxylation is 1. The normalized spacial score (nSPS) is 11.7. The molecule has 22 heavy (non-hydrogen) atoms. The van der Waals surface area contributed by atoms with Gasteiger partial charge < -0.3 is 15.1 Å². The monoisotopic (exact) mass is 321 g/mol. The van der Waals surface area contributed by atoms with Crippen LogP contribution in [0.15, 0.2) is 21.9 Å². The average molecular weight is 321 g/mol. The van der Waals surface area contributed by atoms with Crippen LogP contribution < -0.4 is 5.73 Å². The predicted molar refractivity (Wildman–Crippen MR) is 88.7 cm³/mol. The largest absolute Gasteiger partial charge is 0.459 e. The molecule has 0 saturated heterocycles. The standard InChI is InChI=1S/C16H23N3O2S/c1-11-5-6-13(21-11)15-18-12(8-22-15)7-14(20)19(4)10-16(2,3)9-17/h5-6,8H,7,9-10,17H2,1-4H3. The average Bonchev–Trinajstić information content (AvgIpc) is 3.07. The number of rotatable bonds is 6. The minimum Gasteiger partial charge on any atom is -0.459 e. The van der Waals surface area contributed by atoms with Crippen molar-refractivity contribution in [3.8, 4) is 10.8 Å². The number of nitrogens with zero attached hydrogens (tertiary/aromatic N) is 2. The molecule has 0 aliphatic rings. The minimum absolute atomic E-state index is 0.0500. The highest BCUT2D eigenvalue weighted by Crippen LogP contribution is 2.26. The highest BCUT2D eigenvalue weighted by Gasteiger charge is 2.22. The van der Waals surface area contributed by atoms with Gasteiger partial charge in [-0.05, 0) is 31.0 Å². The van der Waals surface area contributed by atoms with E-state index in [4.69, 9.17) is 10.2 Å². The van der Waals surface area contributed by atoms with Gasteiger partial charge in [-0.3, -0.25) is 4.79 Å². The fraction of sp³-hybridized carbons (Fsp3) is 0.500. The van der Waals surface area contributed by atoms with Gasteiger partial charge in [0.2, 0.25) is 5.91 Å². The van der Waals surface area contributed by atoms with E-state index >= 15 is 0 Å². The molecule has 2 aromatic rings. The van der Waals surface area contributed by atoms with Crippen LogP contribution >= 0.6 is 11.3 Å². The van der Waals surface area contributed by atoms with Gasteiger partial charge in [-0.25, -0.2) is 4.98 Å². The molecule has 0 spiro atoms. The smallest absolute Gasteiger partial charge is 0.228 e. The number of likely N-dealkylation sites (N-methyl/N-ethyl adjacent to an activating group) is 1. The molecule has 0 bridgehead atoms. The Hall–Kier alpha value is -1.66. The summed E-state index contributed by atoms with van der Waals surface area (Å²) in [5, 5.41) is 2.72. The third-order valence-corrected chi connectivity index (χ3v) is 4.38. The summed E-state index contributed by atoms with van der Waals surface area (Å²) in [5.41, 5.74) is 6.41. The molecule has 2 heterocycles. The van der Waals surface area contributed by atoms with E-state index in [2.05, 4.69) is 18.8 Å². The second-order valence-electron chi connectivity index (χ2n) is 6.35. The van der Waals surface area contributed by atoms with Gasteiger partial charge >= 0.3 is 0 Å². The van der Waals surface area contributed by atoms with E-state index in [0.717, 1.165) is 22.2 Å². The van der Waals surface area contributed by atoms with E-state index in [0.29, 0.717) is 19.5 Å². The minimum atomic E-state index is -0.0800. The van der Waals surface area contributed by atoms with Crippen molar-refractivity contribution in [3.63, 3.8) is 0 Å². The number of carbonyl (C=O) groups excluding carboxylic acids is 1. The Morgan fingerprint density at radius 1 is 1.45 bits per heavy atom. The van der Waals surface area contributed by atoms with Crippen molar-refractivity contribution in [3.05, 3.63) is 29.0 Å². The van der Waals surface area contributed by atoms with Crippen LogP contribution in [0, 0.1) is 12.3 Å². The molecule has 0 saturated carbocycles. The van der Waals surface area contributed by atoms with E-state index in [1.165, 1.54) is 11.3 Å². The van der Waals surface area contributed by atoms with E-state index in [1.807, 2.05) is 31.5 Å². The van der Waals surface area contributed by atoms with Gasteiger partial charge in [0.15, 0.2) is 10.8 Å². The molecule has 0 radical (unpaired) electrons. The van der Waals surface area contributed by atoms with E-state index in [-0.39, 0.29) is 11.3 Å². The summed E-state index contributed by atoms with van der Waals surface area (Å²) in [5.74, 6) is 1.65. The van der Waals surface area contributed by atoms with Gasteiger partial charge in [-0.15, -0.1) is 11.3 Å². The zero-order chi connectivity index (χ0) is 16.3. The molecule has 0 atom stereocenters. The molecular weight excluding hydrogens is 298 g/mol. The van der Waals surface area contributed by atoms with Crippen molar-refractivity contribution in [2.75, 3.05) is 20.1 Å². The third-order valence-electron chi connectivity index (χ3n) is 3.48. The first-order valence-corrected chi connectivity index (χ1v) is 8.14. The second-order valence-corrected chi connectivity index (χ2v) is 7.21. The lowest BCUT2D eigenvalue weighted by atomic mass is 9.93. The molecule has 0 fully saturated rings. The van der Waals surface area contributed by atoms with Gasteiger partial charge in [0.25, 0.3) is 0 Å². The van der Waals surface area contributed by atoms with E-state index < -0.39 is 0 Å². The molecule has 0 aromatic carbocycles. The summed E-state index contributed by atoms with van der Waals surface area (Å²) in [4.78, 5) is 18.5. The van der Waals surface area contributed by atoms with Crippen molar-refractivity contribution in [1.82, 2.24) is 9.88 Å². The number of aromatic nitrogens is 1. The SMILES string of the molecule is Cc1ccc(-c2nc(CC(=O)N(C)CC(C)(C)CN)cs2)o1. The fourth-order valence-corrected chi connectivity index (χ4v) is 2.92. The molecule has 120 valence electrons. The first-order valence-electron chi connectivity index (χ1n) is 7.26. The van der Waals surface area contributed by atoms with Crippen LogP contribution in [0.4, 0.5) is 0 Å². The summed E-state index contributed by atoms with van der Waals surface area (Å²) >= 11 is 1.49. The van der Waals surface area contributed by atoms with Crippen molar-refractivity contribution in [1.29, 1.82) is 0 Å². The van der Waals surface area contributed by atoms with E-state index in [9.17, 15) is 4.79 Å². The number of furan rings is 1. The Bertz CT molecular complexity index is 645. The Morgan fingerprint density at radius 2 is 2.18 bits per heavy atom. The third kappa shape index (κ3) is 4.18. The maximum atomic E-state index is 12.3. The quantitative estimate of drug-likeness (QED) is 0.888. The molecule has 0 unspecified atom stereocenters. The lowest BCUT2D eigenvalue weighted by Crippen LogP contribution is -2.40. The van der Waals surface area contributed by atoms with Crippen molar-refractivity contribution >= 4 is 17.2 Å². The van der Waals surface area contributed by atoms with Gasteiger partial charge in [-0.1, -0.05) is 13.8 Å². The molecule has 2 N–H and O–H groups in total.